The molecule has 0 bridgehead atoms. The van der Waals surface area contributed by atoms with Gasteiger partial charge in [-0.05, 0) is 43.7 Å². The Balaban J connectivity index is 1.83. The molecule has 1 saturated heterocycles. The standard InChI is InChI=1S/C21H22F3N3O4/c1-13(2)25-20(28)15-5-8-17(18(11-15)27(29)30)26-9-10-31-19(12-26)14-3-6-16(7-4-14)21(22,23)24/h3-8,11,13,19H,9-10,12H2,1-2H3,(H,25,28). The molecule has 2 aromatic rings. The molecule has 0 saturated carbocycles. The number of halogens is 3. The summed E-state index contributed by atoms with van der Waals surface area (Å²) in [7, 11) is 0. The first-order valence-electron chi connectivity index (χ1n) is 9.69. The normalized spacial score (nSPS) is 17.0. The Morgan fingerprint density at radius 1 is 1.23 bits per heavy atom. The third-order valence-corrected chi connectivity index (χ3v) is 4.87. The molecule has 10 heteroatoms. The van der Waals surface area contributed by atoms with Crippen molar-refractivity contribution in [2.24, 2.45) is 0 Å². The van der Waals surface area contributed by atoms with E-state index in [4.69, 9.17) is 4.74 Å². The summed E-state index contributed by atoms with van der Waals surface area (Å²) in [6.45, 7) is 4.42. The van der Waals surface area contributed by atoms with Gasteiger partial charge in [0.15, 0.2) is 0 Å². The average Bonchev–Trinajstić information content (AvgIpc) is 2.72. The van der Waals surface area contributed by atoms with Gasteiger partial charge in [0.25, 0.3) is 11.6 Å². The van der Waals surface area contributed by atoms with Gasteiger partial charge in [-0.1, -0.05) is 12.1 Å². The molecular weight excluding hydrogens is 415 g/mol. The first kappa shape index (κ1) is 22.5. The van der Waals surface area contributed by atoms with Crippen molar-refractivity contribution >= 4 is 17.3 Å². The molecule has 0 aromatic heterocycles. The first-order chi connectivity index (χ1) is 14.6. The highest BCUT2D eigenvalue weighted by molar-refractivity contribution is 5.96. The Bertz CT molecular complexity index is 961. The zero-order valence-electron chi connectivity index (χ0n) is 17.0. The predicted octanol–water partition coefficient (Wildman–Crippen LogP) is 4.33. The van der Waals surface area contributed by atoms with E-state index in [2.05, 4.69) is 5.32 Å². The minimum atomic E-state index is -4.43. The van der Waals surface area contributed by atoms with Crippen LogP contribution in [0.25, 0.3) is 0 Å². The summed E-state index contributed by atoms with van der Waals surface area (Å²) in [6, 6.07) is 8.83. The predicted molar refractivity (Wildman–Crippen MR) is 108 cm³/mol. The Morgan fingerprint density at radius 3 is 2.48 bits per heavy atom. The zero-order valence-corrected chi connectivity index (χ0v) is 17.0. The monoisotopic (exact) mass is 437 g/mol. The Kier molecular flexibility index (Phi) is 6.49. The van der Waals surface area contributed by atoms with E-state index in [1.807, 2.05) is 0 Å². The number of rotatable bonds is 5. The minimum absolute atomic E-state index is 0.116. The van der Waals surface area contributed by atoms with E-state index in [1.165, 1.54) is 30.3 Å². The molecule has 0 spiro atoms. The van der Waals surface area contributed by atoms with E-state index >= 15 is 0 Å². The summed E-state index contributed by atoms with van der Waals surface area (Å²) in [5, 5.41) is 14.3. The van der Waals surface area contributed by atoms with E-state index in [9.17, 15) is 28.1 Å². The topological polar surface area (TPSA) is 84.7 Å². The molecule has 1 aliphatic heterocycles. The van der Waals surface area contributed by atoms with Crippen LogP contribution in [0.15, 0.2) is 42.5 Å². The fourth-order valence-electron chi connectivity index (χ4n) is 3.38. The summed E-state index contributed by atoms with van der Waals surface area (Å²) >= 11 is 0. The van der Waals surface area contributed by atoms with Crippen molar-refractivity contribution in [2.45, 2.75) is 32.2 Å². The molecule has 1 unspecified atom stereocenters. The molecule has 3 rings (SSSR count). The largest absolute Gasteiger partial charge is 0.416 e. The van der Waals surface area contributed by atoms with Crippen LogP contribution in [-0.2, 0) is 10.9 Å². The quantitative estimate of drug-likeness (QED) is 0.556. The summed E-state index contributed by atoms with van der Waals surface area (Å²) in [5.41, 5.74) is 0.0792. The lowest BCUT2D eigenvalue weighted by Crippen LogP contribution is -2.38. The van der Waals surface area contributed by atoms with E-state index in [0.717, 1.165) is 12.1 Å². The zero-order chi connectivity index (χ0) is 22.8. The van der Waals surface area contributed by atoms with Gasteiger partial charge in [0.1, 0.15) is 11.8 Å². The number of anilines is 1. The van der Waals surface area contributed by atoms with E-state index < -0.39 is 28.7 Å². The van der Waals surface area contributed by atoms with Gasteiger partial charge in [0.05, 0.1) is 17.1 Å². The highest BCUT2D eigenvalue weighted by Gasteiger charge is 2.31. The number of nitrogens with one attached hydrogen (secondary N) is 1. The fraction of sp³-hybridized carbons (Fsp3) is 0.381. The smallest absolute Gasteiger partial charge is 0.370 e. The highest BCUT2D eigenvalue weighted by Crippen LogP contribution is 2.35. The van der Waals surface area contributed by atoms with Crippen LogP contribution >= 0.6 is 0 Å². The van der Waals surface area contributed by atoms with Gasteiger partial charge >= 0.3 is 6.18 Å². The van der Waals surface area contributed by atoms with Crippen molar-refractivity contribution in [3.63, 3.8) is 0 Å². The number of amides is 1. The number of benzene rings is 2. The molecule has 0 radical (unpaired) electrons. The van der Waals surface area contributed by atoms with Crippen LogP contribution in [0.1, 0.15) is 41.4 Å². The van der Waals surface area contributed by atoms with Gasteiger partial charge in [-0.2, -0.15) is 13.2 Å². The van der Waals surface area contributed by atoms with Crippen LogP contribution in [0.2, 0.25) is 0 Å². The van der Waals surface area contributed by atoms with Gasteiger partial charge in [0.2, 0.25) is 0 Å². The number of alkyl halides is 3. The lowest BCUT2D eigenvalue weighted by Gasteiger charge is -2.34. The highest BCUT2D eigenvalue weighted by atomic mass is 19.4. The first-order valence-corrected chi connectivity index (χ1v) is 9.69. The van der Waals surface area contributed by atoms with Crippen LogP contribution in [-0.4, -0.2) is 36.6 Å². The summed E-state index contributed by atoms with van der Waals surface area (Å²) in [6.07, 6.45) is -4.97. The molecule has 2 aromatic carbocycles. The van der Waals surface area contributed by atoms with E-state index in [-0.39, 0.29) is 30.4 Å². The maximum absolute atomic E-state index is 12.8. The van der Waals surface area contributed by atoms with Gasteiger partial charge in [0, 0.05) is 30.8 Å². The molecule has 1 atom stereocenters. The van der Waals surface area contributed by atoms with Crippen LogP contribution in [0, 0.1) is 10.1 Å². The van der Waals surface area contributed by atoms with Crippen molar-refractivity contribution in [1.29, 1.82) is 0 Å². The number of hydrogen-bond acceptors (Lipinski definition) is 5. The molecule has 31 heavy (non-hydrogen) atoms. The number of morpholine rings is 1. The molecule has 1 fully saturated rings. The van der Waals surface area contributed by atoms with Crippen LogP contribution in [0.5, 0.6) is 0 Å². The molecule has 1 N–H and O–H groups in total. The van der Waals surface area contributed by atoms with Gasteiger partial charge in [-0.3, -0.25) is 14.9 Å². The fourth-order valence-corrected chi connectivity index (χ4v) is 3.38. The molecule has 7 nitrogen and oxygen atoms in total. The molecule has 1 heterocycles. The molecule has 0 aliphatic carbocycles. The van der Waals surface area contributed by atoms with E-state index in [1.54, 1.807) is 18.7 Å². The summed E-state index contributed by atoms with van der Waals surface area (Å²) in [4.78, 5) is 25.1. The van der Waals surface area contributed by atoms with Crippen molar-refractivity contribution in [3.05, 3.63) is 69.3 Å². The number of ether oxygens (including phenoxy) is 1. The molecule has 1 aliphatic rings. The Hall–Kier alpha value is -3.14. The van der Waals surface area contributed by atoms with Crippen LogP contribution in [0.3, 0.4) is 0 Å². The number of hydrogen-bond donors (Lipinski definition) is 1. The molecular formula is C21H22F3N3O4. The maximum atomic E-state index is 12.8. The van der Waals surface area contributed by atoms with Crippen molar-refractivity contribution in [3.8, 4) is 0 Å². The van der Waals surface area contributed by atoms with Crippen molar-refractivity contribution < 1.29 is 27.6 Å². The maximum Gasteiger partial charge on any atom is 0.416 e. The number of carbonyl (C=O) groups is 1. The lowest BCUT2D eigenvalue weighted by atomic mass is 10.0. The second-order valence-corrected chi connectivity index (χ2v) is 7.51. The number of nitrogens with zero attached hydrogens (tertiary/aromatic N) is 2. The van der Waals surface area contributed by atoms with Crippen LogP contribution in [0.4, 0.5) is 24.5 Å². The number of nitro benzene ring substituents is 1. The number of carbonyl (C=O) groups excluding carboxylic acids is 1. The number of nitro groups is 1. The summed E-state index contributed by atoms with van der Waals surface area (Å²) < 4.78 is 44.1. The van der Waals surface area contributed by atoms with Gasteiger partial charge < -0.3 is 15.0 Å². The van der Waals surface area contributed by atoms with E-state index in [0.29, 0.717) is 17.8 Å². The minimum Gasteiger partial charge on any atom is -0.370 e. The van der Waals surface area contributed by atoms with Gasteiger partial charge in [-0.15, -0.1) is 0 Å². The second kappa shape index (κ2) is 8.93. The van der Waals surface area contributed by atoms with Crippen LogP contribution < -0.4 is 10.2 Å². The second-order valence-electron chi connectivity index (χ2n) is 7.51. The van der Waals surface area contributed by atoms with Crippen molar-refractivity contribution in [2.75, 3.05) is 24.6 Å². The third kappa shape index (κ3) is 5.32. The molecule has 1 amide bonds. The molecule has 166 valence electrons. The van der Waals surface area contributed by atoms with Gasteiger partial charge in [-0.25, -0.2) is 0 Å². The Labute approximate surface area is 177 Å². The SMILES string of the molecule is CC(C)NC(=O)c1ccc(N2CCOC(c3ccc(C(F)(F)F)cc3)C2)c([N+](=O)[O-])c1. The third-order valence-electron chi connectivity index (χ3n) is 4.87. The lowest BCUT2D eigenvalue weighted by molar-refractivity contribution is -0.384. The van der Waals surface area contributed by atoms with Crippen molar-refractivity contribution in [1.82, 2.24) is 5.32 Å². The average molecular weight is 437 g/mol. The Morgan fingerprint density at radius 2 is 1.90 bits per heavy atom. The summed E-state index contributed by atoms with van der Waals surface area (Å²) in [5.74, 6) is -0.408.